The number of pyridine rings is 1. The lowest BCUT2D eigenvalue weighted by atomic mass is 10.0. The zero-order chi connectivity index (χ0) is 27.4. The van der Waals surface area contributed by atoms with E-state index in [0.717, 1.165) is 24.4 Å². The Morgan fingerprint density at radius 2 is 1.73 bits per heavy atom. The van der Waals surface area contributed by atoms with Crippen molar-refractivity contribution in [2.75, 3.05) is 5.32 Å². The molecule has 1 aromatic heterocycles. The number of nitrogens with one attached hydrogen (secondary N) is 3. The zero-order valence-electron chi connectivity index (χ0n) is 19.3. The Kier molecular flexibility index (Phi) is 7.96. The molecule has 0 saturated carbocycles. The molecule has 2 aromatic carbocycles. The minimum absolute atomic E-state index is 0.0131. The number of alkyl halides is 3. The molecule has 1 heterocycles. The van der Waals surface area contributed by atoms with Gasteiger partial charge >= 0.3 is 6.18 Å². The Hall–Kier alpha value is -4.26. The summed E-state index contributed by atoms with van der Waals surface area (Å²) < 4.78 is 67.0. The van der Waals surface area contributed by atoms with Gasteiger partial charge in [-0.15, -0.1) is 0 Å². The smallest absolute Gasteiger partial charge is 0.384 e. The highest BCUT2D eigenvalue weighted by molar-refractivity contribution is 7.91. The summed E-state index contributed by atoms with van der Waals surface area (Å²) in [6.07, 6.45) is -4.46. The largest absolute Gasteiger partial charge is 0.417 e. The topological polar surface area (TPSA) is 155 Å². The molecule has 0 spiro atoms. The maximum Gasteiger partial charge on any atom is 0.417 e. The zero-order valence-corrected chi connectivity index (χ0v) is 20.2. The van der Waals surface area contributed by atoms with E-state index in [-0.39, 0.29) is 11.4 Å². The third-order valence-electron chi connectivity index (χ3n) is 5.19. The number of hydrogen-bond acceptors (Lipinski definition) is 6. The molecule has 2 amide bonds. The number of carbonyl (C=O) groups excluding carboxylic acids is 2. The highest BCUT2D eigenvalue weighted by Gasteiger charge is 2.38. The third kappa shape index (κ3) is 6.70. The van der Waals surface area contributed by atoms with Crippen molar-refractivity contribution in [2.45, 2.75) is 35.5 Å². The van der Waals surface area contributed by atoms with Crippen LogP contribution < -0.4 is 16.4 Å². The van der Waals surface area contributed by atoms with Crippen molar-refractivity contribution in [1.29, 1.82) is 5.41 Å². The van der Waals surface area contributed by atoms with E-state index in [9.17, 15) is 31.2 Å². The van der Waals surface area contributed by atoms with Crippen LogP contribution >= 0.6 is 0 Å². The van der Waals surface area contributed by atoms with Crippen molar-refractivity contribution in [3.8, 4) is 0 Å². The number of sulfone groups is 1. The van der Waals surface area contributed by atoms with E-state index in [1.807, 2.05) is 0 Å². The van der Waals surface area contributed by atoms with E-state index in [2.05, 4.69) is 15.6 Å². The molecule has 1 atom stereocenters. The van der Waals surface area contributed by atoms with Crippen LogP contribution in [0.1, 0.15) is 36.1 Å². The molecule has 37 heavy (non-hydrogen) atoms. The molecule has 0 aliphatic rings. The molecular weight excluding hydrogens is 511 g/mol. The minimum atomic E-state index is -5.01. The van der Waals surface area contributed by atoms with Gasteiger partial charge in [-0.1, -0.05) is 12.1 Å². The fourth-order valence-corrected chi connectivity index (χ4v) is 4.75. The summed E-state index contributed by atoms with van der Waals surface area (Å²) in [5, 5.41) is 11.7. The predicted molar refractivity (Wildman–Crippen MR) is 128 cm³/mol. The molecule has 0 saturated heterocycles. The van der Waals surface area contributed by atoms with E-state index in [1.165, 1.54) is 43.3 Å². The summed E-state index contributed by atoms with van der Waals surface area (Å²) in [5.74, 6) is -1.58. The average molecular weight is 534 g/mol. The molecule has 0 unspecified atom stereocenters. The summed E-state index contributed by atoms with van der Waals surface area (Å²) in [6, 6.07) is 11.5. The highest BCUT2D eigenvalue weighted by atomic mass is 32.2. The Morgan fingerprint density at radius 1 is 1.05 bits per heavy atom. The molecule has 9 nitrogen and oxygen atoms in total. The first-order valence-corrected chi connectivity index (χ1v) is 12.2. The number of aromatic nitrogens is 1. The summed E-state index contributed by atoms with van der Waals surface area (Å²) in [7, 11) is -4.56. The van der Waals surface area contributed by atoms with Crippen LogP contribution in [0.3, 0.4) is 0 Å². The number of nitrogens with two attached hydrogens (primary N) is 1. The Balaban J connectivity index is 1.74. The minimum Gasteiger partial charge on any atom is -0.384 e. The lowest BCUT2D eigenvalue weighted by Crippen LogP contribution is -2.30. The van der Waals surface area contributed by atoms with Gasteiger partial charge in [0.15, 0.2) is 5.03 Å². The summed E-state index contributed by atoms with van der Waals surface area (Å²) >= 11 is 0. The van der Waals surface area contributed by atoms with Gasteiger partial charge in [0.05, 0.1) is 16.5 Å². The molecule has 5 N–H and O–H groups in total. The molecule has 0 bridgehead atoms. The first-order valence-electron chi connectivity index (χ1n) is 10.7. The summed E-state index contributed by atoms with van der Waals surface area (Å²) in [4.78, 5) is 27.2. The predicted octanol–water partition coefficient (Wildman–Crippen LogP) is 3.42. The van der Waals surface area contributed by atoms with Crippen molar-refractivity contribution >= 4 is 33.2 Å². The van der Waals surface area contributed by atoms with Crippen molar-refractivity contribution in [3.05, 3.63) is 83.6 Å². The molecule has 0 aliphatic heterocycles. The number of nitrogen functional groups attached to an aromatic ring is 1. The molecule has 3 aromatic rings. The van der Waals surface area contributed by atoms with Crippen LogP contribution in [0, 0.1) is 5.41 Å². The second kappa shape index (κ2) is 10.8. The van der Waals surface area contributed by atoms with Gasteiger partial charge in [-0.05, 0) is 61.0 Å². The maximum absolute atomic E-state index is 13.8. The fourth-order valence-electron chi connectivity index (χ4n) is 3.35. The maximum atomic E-state index is 13.8. The van der Waals surface area contributed by atoms with Gasteiger partial charge < -0.3 is 16.4 Å². The lowest BCUT2D eigenvalue weighted by Gasteiger charge is -2.19. The molecule has 3 rings (SSSR count). The van der Waals surface area contributed by atoms with Crippen molar-refractivity contribution in [2.24, 2.45) is 5.73 Å². The first kappa shape index (κ1) is 27.3. The molecule has 0 fully saturated rings. The van der Waals surface area contributed by atoms with Crippen LogP contribution in [0.2, 0.25) is 0 Å². The van der Waals surface area contributed by atoms with E-state index < -0.39 is 55.8 Å². The summed E-state index contributed by atoms with van der Waals surface area (Å²) in [6.45, 7) is 1.40. The SMILES string of the molecule is C[C@H](NC(=O)CC(=O)Nc1ccc(C(=N)N)cc1)c1ccc(S(=O)(=O)c2ccccn2)c(C(F)(F)F)c1. The number of halogens is 3. The third-order valence-corrected chi connectivity index (χ3v) is 6.92. The first-order chi connectivity index (χ1) is 17.3. The molecular formula is C24H22F3N5O4S. The fraction of sp³-hybridized carbons (Fsp3) is 0.167. The second-order valence-corrected chi connectivity index (χ2v) is 9.79. The van der Waals surface area contributed by atoms with Gasteiger partial charge in [-0.25, -0.2) is 13.4 Å². The van der Waals surface area contributed by atoms with Crippen LogP contribution in [0.5, 0.6) is 0 Å². The van der Waals surface area contributed by atoms with E-state index >= 15 is 0 Å². The second-order valence-electron chi connectivity index (χ2n) is 7.93. The molecule has 0 radical (unpaired) electrons. The number of anilines is 1. The van der Waals surface area contributed by atoms with Crippen molar-refractivity contribution in [1.82, 2.24) is 10.3 Å². The quantitative estimate of drug-likeness (QED) is 0.198. The standard InChI is InChI=1S/C24H22F3N5O4S/c1-14(31-20(33)13-21(34)32-17-8-5-15(6-9-17)23(28)29)16-7-10-19(18(12-16)24(25,26)27)37(35,36)22-4-2-3-11-30-22/h2-12,14H,13H2,1H3,(H3,28,29)(H,31,33)(H,32,34)/t14-/m0/s1. The van der Waals surface area contributed by atoms with Gasteiger partial charge in [0.1, 0.15) is 12.3 Å². The van der Waals surface area contributed by atoms with E-state index in [0.29, 0.717) is 17.3 Å². The van der Waals surface area contributed by atoms with Gasteiger partial charge in [0.25, 0.3) is 0 Å². The van der Waals surface area contributed by atoms with Gasteiger partial charge in [-0.2, -0.15) is 13.2 Å². The number of amidine groups is 1. The van der Waals surface area contributed by atoms with Crippen LogP contribution in [-0.4, -0.2) is 31.1 Å². The van der Waals surface area contributed by atoms with Gasteiger partial charge in [0, 0.05) is 17.4 Å². The number of benzene rings is 2. The van der Waals surface area contributed by atoms with Crippen LogP contribution in [0.25, 0.3) is 0 Å². The number of amides is 2. The lowest BCUT2D eigenvalue weighted by molar-refractivity contribution is -0.140. The van der Waals surface area contributed by atoms with Crippen LogP contribution in [0.4, 0.5) is 18.9 Å². The monoisotopic (exact) mass is 533 g/mol. The van der Waals surface area contributed by atoms with Crippen molar-refractivity contribution in [3.63, 3.8) is 0 Å². The Labute approximate surface area is 210 Å². The van der Waals surface area contributed by atoms with Crippen LogP contribution in [-0.2, 0) is 25.6 Å². The van der Waals surface area contributed by atoms with E-state index in [4.69, 9.17) is 11.1 Å². The molecule has 13 heteroatoms. The molecule has 194 valence electrons. The number of carbonyl (C=O) groups is 2. The number of hydrogen-bond donors (Lipinski definition) is 4. The average Bonchev–Trinajstić information content (AvgIpc) is 2.83. The van der Waals surface area contributed by atoms with Crippen molar-refractivity contribution < 1.29 is 31.2 Å². The number of rotatable bonds is 8. The Morgan fingerprint density at radius 3 is 2.30 bits per heavy atom. The summed E-state index contributed by atoms with van der Waals surface area (Å²) in [5.41, 5.74) is 4.75. The van der Waals surface area contributed by atoms with Gasteiger partial charge in [-0.3, -0.25) is 15.0 Å². The highest BCUT2D eigenvalue weighted by Crippen LogP contribution is 2.37. The van der Waals surface area contributed by atoms with Gasteiger partial charge in [0.2, 0.25) is 21.7 Å². The van der Waals surface area contributed by atoms with E-state index in [1.54, 1.807) is 0 Å². The normalized spacial score (nSPS) is 12.4. The van der Waals surface area contributed by atoms with Crippen LogP contribution in [0.15, 0.2) is 76.8 Å². The Bertz CT molecular complexity index is 1430. The molecule has 0 aliphatic carbocycles. The number of nitrogens with zero attached hydrogens (tertiary/aromatic N) is 1.